The molecule has 0 bridgehead atoms. The molecule has 0 aliphatic rings. The highest BCUT2D eigenvalue weighted by Gasteiger charge is 2.01. The predicted molar refractivity (Wildman–Crippen MR) is 68.9 cm³/mol. The Labute approximate surface area is 102 Å². The molecule has 3 nitrogen and oxygen atoms in total. The van der Waals surface area contributed by atoms with Crippen molar-refractivity contribution in [2.75, 3.05) is 6.54 Å². The number of carbonyl (C=O) groups excluding carboxylic acids is 2. The van der Waals surface area contributed by atoms with Crippen molar-refractivity contribution in [1.29, 1.82) is 0 Å². The fraction of sp³-hybridized carbons (Fsp3) is 0.286. The molecule has 1 aromatic rings. The number of hydrogen-bond donors (Lipinski definition) is 1. The van der Waals surface area contributed by atoms with Crippen LogP contribution in [0.3, 0.4) is 0 Å². The fourth-order valence-corrected chi connectivity index (χ4v) is 1.47. The van der Waals surface area contributed by atoms with E-state index in [2.05, 4.69) is 5.32 Å². The van der Waals surface area contributed by atoms with Gasteiger partial charge < -0.3 is 5.32 Å². The SMILES string of the molecule is CC(=O)NCC=Cc1ccc(C(C)=O)cc1C. The molecule has 0 unspecified atom stereocenters. The van der Waals surface area contributed by atoms with Gasteiger partial charge in [0.15, 0.2) is 5.78 Å². The minimum absolute atomic E-state index is 0.0432. The molecule has 1 amide bonds. The van der Waals surface area contributed by atoms with Crippen LogP contribution in [-0.4, -0.2) is 18.2 Å². The minimum Gasteiger partial charge on any atom is -0.353 e. The van der Waals surface area contributed by atoms with Crippen molar-refractivity contribution in [3.05, 3.63) is 41.0 Å². The minimum atomic E-state index is -0.0432. The van der Waals surface area contributed by atoms with Crippen LogP contribution < -0.4 is 5.32 Å². The Morgan fingerprint density at radius 3 is 2.53 bits per heavy atom. The van der Waals surface area contributed by atoms with E-state index in [-0.39, 0.29) is 11.7 Å². The van der Waals surface area contributed by atoms with Gasteiger partial charge in [0.25, 0.3) is 0 Å². The molecule has 0 aliphatic heterocycles. The van der Waals surface area contributed by atoms with Gasteiger partial charge in [0.1, 0.15) is 0 Å². The van der Waals surface area contributed by atoms with Crippen LogP contribution in [0.15, 0.2) is 24.3 Å². The Bertz CT molecular complexity index is 461. The van der Waals surface area contributed by atoms with Crippen molar-refractivity contribution < 1.29 is 9.59 Å². The third kappa shape index (κ3) is 4.23. The van der Waals surface area contributed by atoms with Gasteiger partial charge in [0.05, 0.1) is 0 Å². The van der Waals surface area contributed by atoms with Gasteiger partial charge in [-0.2, -0.15) is 0 Å². The monoisotopic (exact) mass is 231 g/mol. The molecule has 0 aromatic heterocycles. The van der Waals surface area contributed by atoms with Crippen molar-refractivity contribution in [3.8, 4) is 0 Å². The van der Waals surface area contributed by atoms with E-state index in [4.69, 9.17) is 0 Å². The predicted octanol–water partition coefficient (Wildman–Crippen LogP) is 2.35. The summed E-state index contributed by atoms with van der Waals surface area (Å²) in [7, 11) is 0. The molecule has 17 heavy (non-hydrogen) atoms. The first-order valence-electron chi connectivity index (χ1n) is 5.53. The second kappa shape index (κ2) is 5.99. The Morgan fingerprint density at radius 2 is 2.00 bits per heavy atom. The molecule has 0 aliphatic carbocycles. The Morgan fingerprint density at radius 1 is 1.29 bits per heavy atom. The van der Waals surface area contributed by atoms with Crippen molar-refractivity contribution >= 4 is 17.8 Å². The summed E-state index contributed by atoms with van der Waals surface area (Å²) in [5.41, 5.74) is 2.83. The number of benzene rings is 1. The summed E-state index contributed by atoms with van der Waals surface area (Å²) >= 11 is 0. The summed E-state index contributed by atoms with van der Waals surface area (Å²) in [6.45, 7) is 5.52. The lowest BCUT2D eigenvalue weighted by molar-refractivity contribution is -0.118. The van der Waals surface area contributed by atoms with E-state index in [1.165, 1.54) is 6.92 Å². The smallest absolute Gasteiger partial charge is 0.217 e. The molecule has 3 heteroatoms. The maximum atomic E-state index is 11.2. The Hall–Kier alpha value is -1.90. The van der Waals surface area contributed by atoms with Gasteiger partial charge >= 0.3 is 0 Å². The first kappa shape index (κ1) is 13.2. The van der Waals surface area contributed by atoms with E-state index >= 15 is 0 Å². The Kier molecular flexibility index (Phi) is 4.64. The van der Waals surface area contributed by atoms with Crippen LogP contribution >= 0.6 is 0 Å². The maximum Gasteiger partial charge on any atom is 0.217 e. The van der Waals surface area contributed by atoms with E-state index in [9.17, 15) is 9.59 Å². The zero-order valence-corrected chi connectivity index (χ0v) is 10.4. The van der Waals surface area contributed by atoms with Crippen LogP contribution in [0, 0.1) is 6.92 Å². The van der Waals surface area contributed by atoms with Crippen LogP contribution in [0.5, 0.6) is 0 Å². The fourth-order valence-electron chi connectivity index (χ4n) is 1.47. The van der Waals surface area contributed by atoms with Gasteiger partial charge in [-0.05, 0) is 31.0 Å². The third-order valence-electron chi connectivity index (χ3n) is 2.44. The van der Waals surface area contributed by atoms with Gasteiger partial charge in [-0.25, -0.2) is 0 Å². The molecular formula is C14H17NO2. The Balaban J connectivity index is 2.72. The highest BCUT2D eigenvalue weighted by atomic mass is 16.1. The topological polar surface area (TPSA) is 46.2 Å². The number of rotatable bonds is 4. The van der Waals surface area contributed by atoms with Crippen LogP contribution in [-0.2, 0) is 4.79 Å². The lowest BCUT2D eigenvalue weighted by Gasteiger charge is -2.03. The summed E-state index contributed by atoms with van der Waals surface area (Å²) < 4.78 is 0. The highest BCUT2D eigenvalue weighted by Crippen LogP contribution is 2.13. The molecule has 0 atom stereocenters. The zero-order chi connectivity index (χ0) is 12.8. The first-order valence-corrected chi connectivity index (χ1v) is 5.53. The molecule has 1 rings (SSSR count). The molecule has 0 saturated heterocycles. The third-order valence-corrected chi connectivity index (χ3v) is 2.44. The second-order valence-corrected chi connectivity index (χ2v) is 3.97. The number of carbonyl (C=O) groups is 2. The van der Waals surface area contributed by atoms with Gasteiger partial charge in [-0.15, -0.1) is 0 Å². The van der Waals surface area contributed by atoms with Crippen molar-refractivity contribution in [3.63, 3.8) is 0 Å². The number of Topliss-reactive ketones (excluding diaryl/α,β-unsaturated/α-hetero) is 1. The van der Waals surface area contributed by atoms with E-state index in [0.717, 1.165) is 16.7 Å². The van der Waals surface area contributed by atoms with E-state index in [1.54, 1.807) is 6.92 Å². The standard InChI is InChI=1S/C14H17NO2/c1-10-9-14(11(2)16)7-6-13(10)5-4-8-15-12(3)17/h4-7,9H,8H2,1-3H3,(H,15,17). The summed E-state index contributed by atoms with van der Waals surface area (Å²) in [5, 5.41) is 2.68. The van der Waals surface area contributed by atoms with Crippen LogP contribution in [0.25, 0.3) is 6.08 Å². The largest absolute Gasteiger partial charge is 0.353 e. The van der Waals surface area contributed by atoms with Crippen molar-refractivity contribution in [1.82, 2.24) is 5.32 Å². The maximum absolute atomic E-state index is 11.2. The summed E-state index contributed by atoms with van der Waals surface area (Å²) in [6, 6.07) is 5.60. The van der Waals surface area contributed by atoms with Gasteiger partial charge in [0.2, 0.25) is 5.91 Å². The molecule has 0 spiro atoms. The van der Waals surface area contributed by atoms with Crippen molar-refractivity contribution in [2.45, 2.75) is 20.8 Å². The summed E-state index contributed by atoms with van der Waals surface area (Å²) in [4.78, 5) is 21.8. The molecule has 1 aromatic carbocycles. The van der Waals surface area contributed by atoms with Crippen LogP contribution in [0.1, 0.15) is 35.3 Å². The average molecular weight is 231 g/mol. The molecule has 0 saturated carbocycles. The second-order valence-electron chi connectivity index (χ2n) is 3.97. The number of amides is 1. The molecule has 0 heterocycles. The number of hydrogen-bond acceptors (Lipinski definition) is 2. The molecule has 1 N–H and O–H groups in total. The molecule has 0 radical (unpaired) electrons. The van der Waals surface area contributed by atoms with Crippen LogP contribution in [0.4, 0.5) is 0 Å². The highest BCUT2D eigenvalue weighted by molar-refractivity contribution is 5.94. The van der Waals surface area contributed by atoms with E-state index < -0.39 is 0 Å². The van der Waals surface area contributed by atoms with Crippen molar-refractivity contribution in [2.24, 2.45) is 0 Å². The summed E-state index contributed by atoms with van der Waals surface area (Å²) in [6.07, 6.45) is 3.83. The lowest BCUT2D eigenvalue weighted by atomic mass is 10.0. The lowest BCUT2D eigenvalue weighted by Crippen LogP contribution is -2.19. The molecule has 0 fully saturated rings. The normalized spacial score (nSPS) is 10.5. The van der Waals surface area contributed by atoms with E-state index in [1.807, 2.05) is 37.3 Å². The average Bonchev–Trinajstić information content (AvgIpc) is 2.25. The first-order chi connectivity index (χ1) is 8.00. The molecule has 90 valence electrons. The zero-order valence-electron chi connectivity index (χ0n) is 10.4. The summed E-state index contributed by atoms with van der Waals surface area (Å²) in [5.74, 6) is 0.0279. The van der Waals surface area contributed by atoms with Crippen LogP contribution in [0.2, 0.25) is 0 Å². The van der Waals surface area contributed by atoms with Gasteiger partial charge in [0, 0.05) is 19.0 Å². The van der Waals surface area contributed by atoms with Gasteiger partial charge in [-0.1, -0.05) is 24.3 Å². The number of ketones is 1. The quantitative estimate of drug-likeness (QED) is 0.808. The number of nitrogens with one attached hydrogen (secondary N) is 1. The number of aryl methyl sites for hydroxylation is 1. The molecular weight excluding hydrogens is 214 g/mol. The van der Waals surface area contributed by atoms with Gasteiger partial charge in [-0.3, -0.25) is 9.59 Å². The van der Waals surface area contributed by atoms with E-state index in [0.29, 0.717) is 6.54 Å².